The fourth-order valence-corrected chi connectivity index (χ4v) is 9.38. The third kappa shape index (κ3) is 63.0. The average molecular weight is 964 g/mol. The maximum Gasteiger partial charge on any atom is 2.00 e. The predicted octanol–water partition coefficient (Wildman–Crippen LogP) is 17.0. The van der Waals surface area contributed by atoms with E-state index >= 15 is 0 Å². The normalized spacial score (nSPS) is 11.9. The minimum Gasteiger partial charge on any atom is -0.726 e. The first-order valence-corrected chi connectivity index (χ1v) is 29.9. The van der Waals surface area contributed by atoms with Gasteiger partial charge < -0.3 is 9.11 Å². The van der Waals surface area contributed by atoms with Crippen LogP contribution in [0.2, 0.25) is 0 Å². The molecule has 0 fully saturated rings. The summed E-state index contributed by atoms with van der Waals surface area (Å²) in [4.78, 5) is 0. The Hall–Kier alpha value is 1.000. The largest absolute Gasteiger partial charge is 2.00 e. The second-order valence-electron chi connectivity index (χ2n) is 19.0. The monoisotopic (exact) mass is 963 g/mol. The summed E-state index contributed by atoms with van der Waals surface area (Å²) in [6, 6.07) is 0. The van der Waals surface area contributed by atoms with Gasteiger partial charge in [-0.15, -0.1) is 0 Å². The Labute approximate surface area is 424 Å². The van der Waals surface area contributed by atoms with Crippen LogP contribution < -0.4 is 0 Å². The van der Waals surface area contributed by atoms with Gasteiger partial charge in [-0.1, -0.05) is 285 Å². The minimum atomic E-state index is -4.57. The van der Waals surface area contributed by atoms with Crippen molar-refractivity contribution in [1.29, 1.82) is 0 Å². The molecule has 0 aliphatic rings. The smallest absolute Gasteiger partial charge is 0.726 e. The molecule has 11 heteroatoms. The molecule has 0 bridgehead atoms. The number of rotatable bonds is 50. The van der Waals surface area contributed by atoms with Crippen molar-refractivity contribution in [1.82, 2.24) is 0 Å². The Morgan fingerprint density at radius 1 is 0.286 bits per heavy atom. The molecule has 0 aromatic carbocycles. The number of hydrogen-bond acceptors (Lipinski definition) is 8. The van der Waals surface area contributed by atoms with Gasteiger partial charge in [0.05, 0.1) is 13.2 Å². The van der Waals surface area contributed by atoms with Crippen LogP contribution in [0.15, 0.2) is 0 Å². The summed E-state index contributed by atoms with van der Waals surface area (Å²) < 4.78 is 74.2. The van der Waals surface area contributed by atoms with Gasteiger partial charge in [-0.3, -0.25) is 8.37 Å². The second-order valence-corrected chi connectivity index (χ2v) is 21.1. The summed E-state index contributed by atoms with van der Waals surface area (Å²) in [5.41, 5.74) is 0. The van der Waals surface area contributed by atoms with E-state index in [9.17, 15) is 25.9 Å². The van der Waals surface area contributed by atoms with Crippen molar-refractivity contribution >= 4 is 58.5 Å². The van der Waals surface area contributed by atoms with Crippen LogP contribution in [0, 0.1) is 11.8 Å². The van der Waals surface area contributed by atoms with Crippen LogP contribution in [-0.4, -0.2) is 76.9 Å². The molecular formula is C52H106CaO8S2. The first-order chi connectivity index (χ1) is 30.0. The molecule has 0 aromatic rings. The van der Waals surface area contributed by atoms with Crippen LogP contribution in [0.1, 0.15) is 310 Å². The Bertz CT molecular complexity index is 944. The first kappa shape index (κ1) is 68.3. The zero-order valence-electron chi connectivity index (χ0n) is 42.5. The van der Waals surface area contributed by atoms with E-state index in [0.29, 0.717) is 0 Å². The maximum absolute atomic E-state index is 10.8. The van der Waals surface area contributed by atoms with Crippen molar-refractivity contribution < 1.29 is 34.3 Å². The Morgan fingerprint density at radius 2 is 0.429 bits per heavy atom. The summed E-state index contributed by atoms with van der Waals surface area (Å²) in [5, 5.41) is 0. The van der Waals surface area contributed by atoms with Gasteiger partial charge >= 0.3 is 37.7 Å². The van der Waals surface area contributed by atoms with E-state index in [-0.39, 0.29) is 62.8 Å². The van der Waals surface area contributed by atoms with Crippen molar-refractivity contribution in [3.63, 3.8) is 0 Å². The molecule has 63 heavy (non-hydrogen) atoms. The van der Waals surface area contributed by atoms with Gasteiger partial charge in [-0.25, -0.2) is 16.8 Å². The van der Waals surface area contributed by atoms with Gasteiger partial charge in [0.25, 0.3) is 0 Å². The van der Waals surface area contributed by atoms with E-state index in [4.69, 9.17) is 0 Å². The van der Waals surface area contributed by atoms with Crippen LogP contribution in [0.4, 0.5) is 0 Å². The molecule has 0 saturated carbocycles. The molecule has 0 atom stereocenters. The summed E-state index contributed by atoms with van der Waals surface area (Å²) in [6.45, 7) is 9.15. The number of unbranched alkanes of at least 4 members (excludes halogenated alkanes) is 36. The molecule has 0 radical (unpaired) electrons. The fourth-order valence-electron chi connectivity index (χ4n) is 8.66. The minimum absolute atomic E-state index is 0. The van der Waals surface area contributed by atoms with E-state index in [1.54, 1.807) is 0 Å². The van der Waals surface area contributed by atoms with Gasteiger partial charge in [-0.05, 0) is 37.5 Å². The van der Waals surface area contributed by atoms with Crippen LogP contribution >= 0.6 is 0 Å². The summed E-state index contributed by atoms with van der Waals surface area (Å²) >= 11 is 0. The van der Waals surface area contributed by atoms with Gasteiger partial charge in [0.2, 0.25) is 20.8 Å². The van der Waals surface area contributed by atoms with Gasteiger partial charge in [-0.2, -0.15) is 0 Å². The third-order valence-electron chi connectivity index (χ3n) is 12.8. The van der Waals surface area contributed by atoms with E-state index in [0.717, 1.165) is 51.4 Å². The van der Waals surface area contributed by atoms with Crippen LogP contribution in [0.3, 0.4) is 0 Å². The van der Waals surface area contributed by atoms with Crippen molar-refractivity contribution in [2.75, 3.05) is 13.2 Å². The topological polar surface area (TPSA) is 133 Å². The zero-order valence-corrected chi connectivity index (χ0v) is 46.3. The SMILES string of the molecule is CCCCCCCCCCCCC(CCCCCCCCCCCC)COS(=O)(=O)[O-].CCCCCCCCCCCCC(CCCCCCCCCCCC)COS(=O)(=O)[O-].[Ca+2]. The van der Waals surface area contributed by atoms with E-state index in [1.165, 1.54) is 231 Å². The molecule has 376 valence electrons. The third-order valence-corrected chi connectivity index (χ3v) is 13.6. The first-order valence-electron chi connectivity index (χ1n) is 27.2. The standard InChI is InChI=1S/2C26H54O4S.Ca/c2*1-3-5-7-9-11-13-15-17-19-21-23-26(25-30-31(27,28)29)24-22-20-18-16-14-12-10-8-6-4-2;/h2*26H,3-25H2,1-2H3,(H,27,28,29);/q;;+2/p-2. The maximum atomic E-state index is 10.8. The number of hydrogen-bond donors (Lipinski definition) is 0. The molecule has 0 aromatic heterocycles. The molecule has 0 unspecified atom stereocenters. The van der Waals surface area contributed by atoms with Crippen molar-refractivity contribution in [2.45, 2.75) is 310 Å². The molecule has 0 amide bonds. The van der Waals surface area contributed by atoms with E-state index in [1.807, 2.05) is 0 Å². The second kappa shape index (κ2) is 53.9. The molecule has 8 nitrogen and oxygen atoms in total. The zero-order chi connectivity index (χ0) is 46.1. The van der Waals surface area contributed by atoms with Crippen LogP contribution in [0.25, 0.3) is 0 Å². The van der Waals surface area contributed by atoms with Crippen molar-refractivity contribution in [3.8, 4) is 0 Å². The van der Waals surface area contributed by atoms with Crippen LogP contribution in [-0.2, 0) is 29.2 Å². The van der Waals surface area contributed by atoms with E-state index < -0.39 is 20.8 Å². The van der Waals surface area contributed by atoms with Crippen molar-refractivity contribution in [2.24, 2.45) is 11.8 Å². The predicted molar refractivity (Wildman–Crippen MR) is 270 cm³/mol. The van der Waals surface area contributed by atoms with Crippen LogP contribution in [0.5, 0.6) is 0 Å². The molecule has 0 rings (SSSR count). The molecule has 0 aliphatic carbocycles. The summed E-state index contributed by atoms with van der Waals surface area (Å²) in [7, 11) is -9.15. The quantitative estimate of drug-likeness (QED) is 0.0255. The average Bonchev–Trinajstić information content (AvgIpc) is 3.23. The molecule has 0 saturated heterocycles. The van der Waals surface area contributed by atoms with Crippen molar-refractivity contribution in [3.05, 3.63) is 0 Å². The molecule has 0 N–H and O–H groups in total. The fraction of sp³-hybridized carbons (Fsp3) is 1.00. The summed E-state index contributed by atoms with van der Waals surface area (Å²) in [6.07, 6.45) is 55.9. The molecule has 0 spiro atoms. The Balaban J connectivity index is -0.00000112. The molecule has 0 aliphatic heterocycles. The Kier molecular flexibility index (Phi) is 58.5. The Morgan fingerprint density at radius 3 is 0.571 bits per heavy atom. The summed E-state index contributed by atoms with van der Waals surface area (Å²) in [5.74, 6) is 0.402. The molecule has 0 heterocycles. The van der Waals surface area contributed by atoms with Gasteiger partial charge in [0.1, 0.15) is 0 Å². The van der Waals surface area contributed by atoms with Gasteiger partial charge in [0, 0.05) is 0 Å². The molecular weight excluding hydrogens is 857 g/mol. The van der Waals surface area contributed by atoms with Gasteiger partial charge in [0.15, 0.2) is 0 Å². The van der Waals surface area contributed by atoms with E-state index in [2.05, 4.69) is 36.1 Å².